The van der Waals surface area contributed by atoms with Gasteiger partial charge in [0.05, 0.1) is 11.0 Å². The van der Waals surface area contributed by atoms with Crippen molar-refractivity contribution < 1.29 is 0 Å². The first-order valence-corrected chi connectivity index (χ1v) is 7.51. The van der Waals surface area contributed by atoms with Gasteiger partial charge in [-0.25, -0.2) is 4.98 Å². The van der Waals surface area contributed by atoms with Crippen molar-refractivity contribution in [3.8, 4) is 5.69 Å². The van der Waals surface area contributed by atoms with E-state index in [9.17, 15) is 0 Å². The maximum Gasteiger partial charge on any atom is 0.114 e. The first kappa shape index (κ1) is 13.8. The number of benzene rings is 2. The lowest BCUT2D eigenvalue weighted by Gasteiger charge is -2.09. The van der Waals surface area contributed by atoms with Crippen molar-refractivity contribution in [2.45, 2.75) is 26.7 Å². The summed E-state index contributed by atoms with van der Waals surface area (Å²) < 4.78 is 2.26. The molecule has 3 heteroatoms. The lowest BCUT2D eigenvalue weighted by molar-refractivity contribution is 0.905. The Balaban J connectivity index is 2.16. The summed E-state index contributed by atoms with van der Waals surface area (Å²) in [5.74, 6) is 1.10. The summed E-state index contributed by atoms with van der Waals surface area (Å²) in [4.78, 5) is 4.81. The van der Waals surface area contributed by atoms with Gasteiger partial charge in [0.2, 0.25) is 0 Å². The van der Waals surface area contributed by atoms with Crippen LogP contribution in [0.5, 0.6) is 0 Å². The molecule has 0 aliphatic heterocycles. The Bertz CT molecular complexity index is 754. The van der Waals surface area contributed by atoms with Crippen LogP contribution in [0.2, 0.25) is 0 Å². The summed E-state index contributed by atoms with van der Waals surface area (Å²) in [5, 5.41) is 0. The second-order valence-electron chi connectivity index (χ2n) is 5.36. The smallest absolute Gasteiger partial charge is 0.114 e. The highest BCUT2D eigenvalue weighted by Gasteiger charge is 2.12. The lowest BCUT2D eigenvalue weighted by atomic mass is 10.1. The lowest BCUT2D eigenvalue weighted by Crippen LogP contribution is -2.03. The topological polar surface area (TPSA) is 43.8 Å². The predicted octanol–water partition coefficient (Wildman–Crippen LogP) is 3.40. The summed E-state index contributed by atoms with van der Waals surface area (Å²) in [6.07, 6.45) is 1.84. The third-order valence-electron chi connectivity index (χ3n) is 3.90. The molecule has 3 nitrogen and oxygen atoms in total. The van der Waals surface area contributed by atoms with E-state index >= 15 is 0 Å². The zero-order valence-electron chi connectivity index (χ0n) is 12.6. The fourth-order valence-corrected chi connectivity index (χ4v) is 2.79. The molecule has 0 unspecified atom stereocenters. The van der Waals surface area contributed by atoms with Crippen LogP contribution >= 0.6 is 0 Å². The molecule has 0 aliphatic carbocycles. The average Bonchev–Trinajstić information content (AvgIpc) is 2.88. The summed E-state index contributed by atoms with van der Waals surface area (Å²) in [7, 11) is 0. The third kappa shape index (κ3) is 2.45. The maximum absolute atomic E-state index is 5.61. The third-order valence-corrected chi connectivity index (χ3v) is 3.90. The van der Waals surface area contributed by atoms with Crippen molar-refractivity contribution in [3.05, 3.63) is 59.4 Å². The minimum absolute atomic E-state index is 0.687. The molecule has 2 N–H and O–H groups in total. The van der Waals surface area contributed by atoms with Gasteiger partial charge in [0.1, 0.15) is 5.82 Å². The normalized spacial score (nSPS) is 11.2. The molecule has 3 rings (SSSR count). The molecule has 3 aromatic rings. The Labute approximate surface area is 125 Å². The number of para-hydroxylation sites is 1. The molecular formula is C18H21N3. The molecule has 0 saturated heterocycles. The summed E-state index contributed by atoms with van der Waals surface area (Å²) in [5.41, 5.74) is 11.6. The van der Waals surface area contributed by atoms with E-state index in [4.69, 9.17) is 10.7 Å². The van der Waals surface area contributed by atoms with E-state index in [0.29, 0.717) is 6.54 Å². The van der Waals surface area contributed by atoms with Crippen molar-refractivity contribution >= 4 is 11.0 Å². The Morgan fingerprint density at radius 2 is 1.86 bits per heavy atom. The van der Waals surface area contributed by atoms with E-state index in [0.717, 1.165) is 24.2 Å². The van der Waals surface area contributed by atoms with Gasteiger partial charge >= 0.3 is 0 Å². The first-order valence-electron chi connectivity index (χ1n) is 7.51. The molecule has 0 saturated carbocycles. The number of nitrogens with zero attached hydrogens (tertiary/aromatic N) is 2. The van der Waals surface area contributed by atoms with Gasteiger partial charge in [0.25, 0.3) is 0 Å². The molecule has 0 bridgehead atoms. The van der Waals surface area contributed by atoms with Gasteiger partial charge in [-0.3, -0.25) is 4.57 Å². The number of aryl methyl sites for hydroxylation is 2. The molecule has 0 fully saturated rings. The summed E-state index contributed by atoms with van der Waals surface area (Å²) >= 11 is 0. The zero-order valence-corrected chi connectivity index (χ0v) is 12.6. The largest absolute Gasteiger partial charge is 0.330 e. The maximum atomic E-state index is 5.61. The first-order chi connectivity index (χ1) is 10.2. The molecule has 108 valence electrons. The second-order valence-corrected chi connectivity index (χ2v) is 5.36. The highest BCUT2D eigenvalue weighted by molar-refractivity contribution is 5.81. The SMILES string of the molecule is CCc1nc2c(C)cccc2n1-c1ccc(CCN)cc1. The fourth-order valence-electron chi connectivity index (χ4n) is 2.79. The van der Waals surface area contributed by atoms with Crippen LogP contribution in [0.25, 0.3) is 16.7 Å². The molecule has 21 heavy (non-hydrogen) atoms. The quantitative estimate of drug-likeness (QED) is 0.795. The molecule has 0 atom stereocenters. The van der Waals surface area contributed by atoms with Crippen LogP contribution in [0.15, 0.2) is 42.5 Å². The van der Waals surface area contributed by atoms with E-state index in [1.807, 2.05) is 0 Å². The molecule has 0 spiro atoms. The van der Waals surface area contributed by atoms with Gasteiger partial charge in [-0.05, 0) is 49.2 Å². The van der Waals surface area contributed by atoms with Crippen LogP contribution in [0.1, 0.15) is 23.9 Å². The van der Waals surface area contributed by atoms with E-state index in [-0.39, 0.29) is 0 Å². The van der Waals surface area contributed by atoms with Gasteiger partial charge in [0.15, 0.2) is 0 Å². The Hall–Kier alpha value is -2.13. The van der Waals surface area contributed by atoms with Crippen LogP contribution in [0, 0.1) is 6.92 Å². The van der Waals surface area contributed by atoms with Crippen LogP contribution in [0.3, 0.4) is 0 Å². The average molecular weight is 279 g/mol. The fraction of sp³-hybridized carbons (Fsp3) is 0.278. The molecule has 1 aromatic heterocycles. The van der Waals surface area contributed by atoms with E-state index in [1.165, 1.54) is 22.3 Å². The molecule has 0 amide bonds. The van der Waals surface area contributed by atoms with E-state index in [1.54, 1.807) is 0 Å². The minimum atomic E-state index is 0.687. The molecule has 2 aromatic carbocycles. The van der Waals surface area contributed by atoms with Gasteiger partial charge in [0, 0.05) is 12.1 Å². The van der Waals surface area contributed by atoms with E-state index in [2.05, 4.69) is 60.9 Å². The minimum Gasteiger partial charge on any atom is -0.330 e. The number of fused-ring (bicyclic) bond motifs is 1. The Kier molecular flexibility index (Phi) is 3.76. The van der Waals surface area contributed by atoms with E-state index < -0.39 is 0 Å². The van der Waals surface area contributed by atoms with Crippen LogP contribution in [-0.2, 0) is 12.8 Å². The number of imidazole rings is 1. The van der Waals surface area contributed by atoms with Gasteiger partial charge in [-0.1, -0.05) is 31.2 Å². The predicted molar refractivity (Wildman–Crippen MR) is 87.9 cm³/mol. The summed E-state index contributed by atoms with van der Waals surface area (Å²) in [6, 6.07) is 15.0. The van der Waals surface area contributed by atoms with Gasteiger partial charge < -0.3 is 5.73 Å². The molecule has 0 radical (unpaired) electrons. The zero-order chi connectivity index (χ0) is 14.8. The van der Waals surface area contributed by atoms with Gasteiger partial charge in [-0.2, -0.15) is 0 Å². The van der Waals surface area contributed by atoms with Crippen LogP contribution < -0.4 is 5.73 Å². The number of hydrogen-bond acceptors (Lipinski definition) is 2. The Morgan fingerprint density at radius 3 is 2.52 bits per heavy atom. The summed E-state index contributed by atoms with van der Waals surface area (Å²) in [6.45, 7) is 4.95. The number of rotatable bonds is 4. The van der Waals surface area contributed by atoms with Crippen LogP contribution in [0.4, 0.5) is 0 Å². The van der Waals surface area contributed by atoms with Crippen molar-refractivity contribution in [1.29, 1.82) is 0 Å². The highest BCUT2D eigenvalue weighted by Crippen LogP contribution is 2.24. The number of nitrogens with two attached hydrogens (primary N) is 1. The number of hydrogen-bond donors (Lipinski definition) is 1. The van der Waals surface area contributed by atoms with Crippen molar-refractivity contribution in [1.82, 2.24) is 9.55 Å². The Morgan fingerprint density at radius 1 is 1.10 bits per heavy atom. The monoisotopic (exact) mass is 279 g/mol. The van der Waals surface area contributed by atoms with Gasteiger partial charge in [-0.15, -0.1) is 0 Å². The number of aromatic nitrogens is 2. The highest BCUT2D eigenvalue weighted by atomic mass is 15.1. The standard InChI is InChI=1S/C18H21N3/c1-3-17-20-18-13(2)5-4-6-16(18)21(17)15-9-7-14(8-10-15)11-12-19/h4-10H,3,11-12,19H2,1-2H3. The van der Waals surface area contributed by atoms with Crippen molar-refractivity contribution in [2.24, 2.45) is 5.73 Å². The molecular weight excluding hydrogens is 258 g/mol. The van der Waals surface area contributed by atoms with Crippen molar-refractivity contribution in [3.63, 3.8) is 0 Å². The van der Waals surface area contributed by atoms with Crippen LogP contribution in [-0.4, -0.2) is 16.1 Å². The molecule has 1 heterocycles. The molecule has 0 aliphatic rings. The second kappa shape index (κ2) is 5.70. The van der Waals surface area contributed by atoms with Crippen molar-refractivity contribution in [2.75, 3.05) is 6.54 Å².